The van der Waals surface area contributed by atoms with E-state index in [-0.39, 0.29) is 11.8 Å². The fraction of sp³-hybridized carbons (Fsp3) is 0.333. The van der Waals surface area contributed by atoms with Crippen LogP contribution in [-0.2, 0) is 16.0 Å². The van der Waals surface area contributed by atoms with Crippen LogP contribution in [0.15, 0.2) is 42.5 Å². The van der Waals surface area contributed by atoms with E-state index in [1.807, 2.05) is 39.0 Å². The topological polar surface area (TPSA) is 87.7 Å². The molecule has 2 aromatic carbocycles. The van der Waals surface area contributed by atoms with E-state index in [0.717, 1.165) is 16.7 Å². The Labute approximate surface area is 159 Å². The van der Waals surface area contributed by atoms with Crippen molar-refractivity contribution in [1.29, 1.82) is 0 Å². The first kappa shape index (κ1) is 20.3. The van der Waals surface area contributed by atoms with Crippen LogP contribution in [0.1, 0.15) is 36.6 Å². The minimum Gasteiger partial charge on any atom is -0.508 e. The van der Waals surface area contributed by atoms with Gasteiger partial charge in [0.2, 0.25) is 0 Å². The Kier molecular flexibility index (Phi) is 7.23. The van der Waals surface area contributed by atoms with Crippen molar-refractivity contribution >= 4 is 11.8 Å². The summed E-state index contributed by atoms with van der Waals surface area (Å²) in [5.74, 6) is -0.467. The maximum absolute atomic E-state index is 12.2. The maximum Gasteiger partial charge on any atom is 0.309 e. The second-order valence-corrected chi connectivity index (χ2v) is 6.34. The van der Waals surface area contributed by atoms with Crippen LogP contribution in [0.2, 0.25) is 0 Å². The van der Waals surface area contributed by atoms with Gasteiger partial charge in [-0.2, -0.15) is 0 Å². The van der Waals surface area contributed by atoms with Crippen molar-refractivity contribution in [3.63, 3.8) is 0 Å². The van der Waals surface area contributed by atoms with Gasteiger partial charge in [0.05, 0.1) is 12.6 Å². The average Bonchev–Trinajstić information content (AvgIpc) is 2.64. The Morgan fingerprint density at radius 2 is 1.81 bits per heavy atom. The summed E-state index contributed by atoms with van der Waals surface area (Å²) in [6, 6.07) is 12.1. The number of aromatic hydroxyl groups is 1. The zero-order valence-corrected chi connectivity index (χ0v) is 15.9. The summed E-state index contributed by atoms with van der Waals surface area (Å²) in [5.41, 5.74) is 2.85. The number of benzene rings is 2. The highest BCUT2D eigenvalue weighted by Crippen LogP contribution is 2.26. The monoisotopic (exact) mass is 370 g/mol. The molecule has 1 atom stereocenters. The van der Waals surface area contributed by atoms with Gasteiger partial charge in [0.1, 0.15) is 11.5 Å². The number of hydrogen-bond donors (Lipinski definition) is 3. The van der Waals surface area contributed by atoms with Crippen molar-refractivity contribution in [1.82, 2.24) is 10.6 Å². The molecular weight excluding hydrogens is 344 g/mol. The van der Waals surface area contributed by atoms with Crippen LogP contribution in [0.5, 0.6) is 11.5 Å². The molecule has 0 heterocycles. The van der Waals surface area contributed by atoms with Crippen LogP contribution in [0.3, 0.4) is 0 Å². The zero-order valence-electron chi connectivity index (χ0n) is 15.9. The second kappa shape index (κ2) is 9.62. The molecule has 0 saturated heterocycles. The van der Waals surface area contributed by atoms with Gasteiger partial charge in [-0.3, -0.25) is 9.59 Å². The highest BCUT2D eigenvalue weighted by atomic mass is 16.5. The Balaban J connectivity index is 1.89. The first-order chi connectivity index (χ1) is 12.9. The molecule has 0 aliphatic heterocycles. The molecule has 0 bridgehead atoms. The predicted molar refractivity (Wildman–Crippen MR) is 104 cm³/mol. The molecule has 0 fully saturated rings. The molecule has 6 heteroatoms. The fourth-order valence-corrected chi connectivity index (χ4v) is 2.70. The van der Waals surface area contributed by atoms with Crippen LogP contribution in [0.4, 0.5) is 0 Å². The molecule has 0 spiro atoms. The zero-order chi connectivity index (χ0) is 19.8. The normalized spacial score (nSPS) is 11.5. The molecule has 2 aromatic rings. The lowest BCUT2D eigenvalue weighted by Crippen LogP contribution is -2.41. The third kappa shape index (κ3) is 6.02. The van der Waals surface area contributed by atoms with Crippen molar-refractivity contribution in [3.8, 4) is 11.5 Å². The Hall–Kier alpha value is -3.02. The standard InChI is InChI=1S/C21H26N2O4/c1-4-27-19-10-5-14(2)13-18(19)15(3)23-21(26)20(25)22-12-11-16-6-8-17(24)9-7-16/h5-10,13,15,24H,4,11-12H2,1-3H3,(H,22,25)(H,23,26). The van der Waals surface area contributed by atoms with Crippen molar-refractivity contribution in [3.05, 3.63) is 59.2 Å². The van der Waals surface area contributed by atoms with Gasteiger partial charge in [-0.15, -0.1) is 0 Å². The molecule has 0 aromatic heterocycles. The number of phenols is 1. The summed E-state index contributed by atoms with van der Waals surface area (Å²) >= 11 is 0. The number of hydrogen-bond acceptors (Lipinski definition) is 4. The third-order valence-electron chi connectivity index (χ3n) is 4.12. The maximum atomic E-state index is 12.2. The van der Waals surface area contributed by atoms with E-state index in [9.17, 15) is 14.7 Å². The minimum atomic E-state index is -0.683. The minimum absolute atomic E-state index is 0.193. The van der Waals surface area contributed by atoms with Gasteiger partial charge in [0, 0.05) is 12.1 Å². The Morgan fingerprint density at radius 3 is 2.48 bits per heavy atom. The number of amides is 2. The number of rotatable bonds is 7. The molecule has 0 radical (unpaired) electrons. The molecule has 6 nitrogen and oxygen atoms in total. The van der Waals surface area contributed by atoms with Crippen LogP contribution >= 0.6 is 0 Å². The van der Waals surface area contributed by atoms with E-state index in [0.29, 0.717) is 25.3 Å². The smallest absolute Gasteiger partial charge is 0.309 e. The number of nitrogens with one attached hydrogen (secondary N) is 2. The lowest BCUT2D eigenvalue weighted by molar-refractivity contribution is -0.139. The summed E-state index contributed by atoms with van der Waals surface area (Å²) in [7, 11) is 0. The predicted octanol–water partition coefficient (Wildman–Crippen LogP) is 2.64. The third-order valence-corrected chi connectivity index (χ3v) is 4.12. The van der Waals surface area contributed by atoms with Crippen molar-refractivity contribution in [2.24, 2.45) is 0 Å². The molecule has 2 amide bonds. The van der Waals surface area contributed by atoms with E-state index in [1.54, 1.807) is 24.3 Å². The average molecular weight is 370 g/mol. The Morgan fingerprint density at radius 1 is 1.11 bits per heavy atom. The molecule has 0 saturated carbocycles. The number of ether oxygens (including phenoxy) is 1. The molecule has 0 aliphatic rings. The molecule has 144 valence electrons. The molecular formula is C21H26N2O4. The van der Waals surface area contributed by atoms with E-state index >= 15 is 0 Å². The highest BCUT2D eigenvalue weighted by Gasteiger charge is 2.19. The van der Waals surface area contributed by atoms with Gasteiger partial charge < -0.3 is 20.5 Å². The molecule has 0 aliphatic carbocycles. The number of carbonyl (C=O) groups is 2. The summed E-state index contributed by atoms with van der Waals surface area (Å²) in [6.07, 6.45) is 0.571. The lowest BCUT2D eigenvalue weighted by atomic mass is 10.0. The van der Waals surface area contributed by atoms with Gasteiger partial charge in [-0.05, 0) is 51.0 Å². The van der Waals surface area contributed by atoms with Gasteiger partial charge in [-0.25, -0.2) is 0 Å². The fourth-order valence-electron chi connectivity index (χ4n) is 2.70. The summed E-state index contributed by atoms with van der Waals surface area (Å²) in [5, 5.41) is 14.6. The number of phenolic OH excluding ortho intramolecular Hbond substituents is 1. The van der Waals surface area contributed by atoms with Crippen molar-refractivity contribution < 1.29 is 19.4 Å². The molecule has 3 N–H and O–H groups in total. The van der Waals surface area contributed by atoms with E-state index in [1.165, 1.54) is 0 Å². The molecule has 27 heavy (non-hydrogen) atoms. The van der Waals surface area contributed by atoms with Gasteiger partial charge >= 0.3 is 11.8 Å². The quantitative estimate of drug-likeness (QED) is 0.654. The SMILES string of the molecule is CCOc1ccc(C)cc1C(C)NC(=O)C(=O)NCCc1ccc(O)cc1. The van der Waals surface area contributed by atoms with Crippen molar-refractivity contribution in [2.45, 2.75) is 33.2 Å². The van der Waals surface area contributed by atoms with Crippen LogP contribution in [0, 0.1) is 6.92 Å². The first-order valence-corrected chi connectivity index (χ1v) is 9.00. The van der Waals surface area contributed by atoms with Crippen LogP contribution < -0.4 is 15.4 Å². The Bertz CT molecular complexity index is 787. The number of aryl methyl sites for hydroxylation is 1. The summed E-state index contributed by atoms with van der Waals surface area (Å²) < 4.78 is 5.61. The van der Waals surface area contributed by atoms with Crippen LogP contribution in [0.25, 0.3) is 0 Å². The van der Waals surface area contributed by atoms with Crippen LogP contribution in [-0.4, -0.2) is 30.1 Å². The summed E-state index contributed by atoms with van der Waals surface area (Å²) in [4.78, 5) is 24.2. The van der Waals surface area contributed by atoms with Crippen molar-refractivity contribution in [2.75, 3.05) is 13.2 Å². The van der Waals surface area contributed by atoms with Gasteiger partial charge in [0.15, 0.2) is 0 Å². The van der Waals surface area contributed by atoms with E-state index in [4.69, 9.17) is 4.74 Å². The second-order valence-electron chi connectivity index (χ2n) is 6.34. The highest BCUT2D eigenvalue weighted by molar-refractivity contribution is 6.35. The first-order valence-electron chi connectivity index (χ1n) is 9.00. The van der Waals surface area contributed by atoms with E-state index in [2.05, 4.69) is 10.6 Å². The molecule has 1 unspecified atom stereocenters. The van der Waals surface area contributed by atoms with E-state index < -0.39 is 11.8 Å². The van der Waals surface area contributed by atoms with Gasteiger partial charge in [0.25, 0.3) is 0 Å². The largest absolute Gasteiger partial charge is 0.508 e. The summed E-state index contributed by atoms with van der Waals surface area (Å²) in [6.45, 7) is 6.53. The molecule has 2 rings (SSSR count). The number of carbonyl (C=O) groups excluding carboxylic acids is 2. The lowest BCUT2D eigenvalue weighted by Gasteiger charge is -2.18. The van der Waals surface area contributed by atoms with Gasteiger partial charge in [-0.1, -0.05) is 29.8 Å².